The van der Waals surface area contributed by atoms with Crippen molar-refractivity contribution in [3.05, 3.63) is 77.3 Å². The molecule has 1 unspecified atom stereocenters. The number of anilines is 2. The maximum atomic E-state index is 15.4. The number of nitrogens with one attached hydrogen (secondary N) is 4. The molecule has 3 aromatic rings. The number of nitriles is 1. The van der Waals surface area contributed by atoms with Gasteiger partial charge >= 0.3 is 0 Å². The van der Waals surface area contributed by atoms with Gasteiger partial charge in [0.05, 0.1) is 22.4 Å². The van der Waals surface area contributed by atoms with Crippen LogP contribution in [0.2, 0.25) is 0 Å². The molecule has 1 atom stereocenters. The zero-order valence-electron chi connectivity index (χ0n) is 21.0. The molecule has 4 N–H and O–H groups in total. The molecule has 2 aromatic carbocycles. The summed E-state index contributed by atoms with van der Waals surface area (Å²) in [7, 11) is 6.96. The predicted molar refractivity (Wildman–Crippen MR) is 141 cm³/mol. The Morgan fingerprint density at radius 2 is 1.92 bits per heavy atom. The van der Waals surface area contributed by atoms with Crippen LogP contribution >= 0.6 is 0 Å². The molecular formula is C27H28BF2N7. The molecule has 1 aliphatic heterocycles. The monoisotopic (exact) mass is 499 g/mol. The molecule has 1 aromatic heterocycles. The topological polar surface area (TPSA) is 88.0 Å². The molecule has 5 rings (SSSR count). The van der Waals surface area contributed by atoms with E-state index in [4.69, 9.17) is 7.85 Å². The van der Waals surface area contributed by atoms with Crippen molar-refractivity contribution in [2.24, 2.45) is 5.41 Å². The van der Waals surface area contributed by atoms with Crippen molar-refractivity contribution in [3.8, 4) is 6.07 Å². The molecule has 0 spiro atoms. The van der Waals surface area contributed by atoms with Crippen molar-refractivity contribution in [2.45, 2.75) is 45.1 Å². The molecule has 0 bridgehead atoms. The van der Waals surface area contributed by atoms with Gasteiger partial charge in [-0.2, -0.15) is 5.26 Å². The SMILES string of the molecule is [B]C(Nc1cc(F)c2ncc(C#N)c(NCC(C)(C)C)c2c1)(C1=CN(C2CC2)NN1)c1ccc(F)cc1. The van der Waals surface area contributed by atoms with Crippen LogP contribution in [0, 0.1) is 28.4 Å². The Kier molecular flexibility index (Phi) is 6.20. The normalized spacial score (nSPS) is 17.1. The van der Waals surface area contributed by atoms with E-state index in [1.54, 1.807) is 18.2 Å². The number of halogens is 2. The molecule has 1 aliphatic carbocycles. The van der Waals surface area contributed by atoms with Gasteiger partial charge in [-0.15, -0.1) is 5.53 Å². The quantitative estimate of drug-likeness (QED) is 0.354. The van der Waals surface area contributed by atoms with Gasteiger partial charge in [0.25, 0.3) is 0 Å². The van der Waals surface area contributed by atoms with Gasteiger partial charge in [0.2, 0.25) is 0 Å². The third-order valence-electron chi connectivity index (χ3n) is 6.43. The minimum atomic E-state index is -1.36. The summed E-state index contributed by atoms with van der Waals surface area (Å²) < 4.78 is 29.1. The van der Waals surface area contributed by atoms with E-state index in [-0.39, 0.29) is 10.9 Å². The minimum Gasteiger partial charge on any atom is -0.383 e. The van der Waals surface area contributed by atoms with E-state index in [9.17, 15) is 9.65 Å². The Bertz CT molecular complexity index is 1410. The number of nitrogens with zero attached hydrogens (tertiary/aromatic N) is 3. The Labute approximate surface area is 216 Å². The summed E-state index contributed by atoms with van der Waals surface area (Å²) in [5.74, 6) is -0.950. The molecule has 37 heavy (non-hydrogen) atoms. The highest BCUT2D eigenvalue weighted by Crippen LogP contribution is 2.37. The molecule has 2 heterocycles. The van der Waals surface area contributed by atoms with Gasteiger partial charge < -0.3 is 16.1 Å². The predicted octanol–water partition coefficient (Wildman–Crippen LogP) is 4.60. The fourth-order valence-corrected chi connectivity index (χ4v) is 4.27. The lowest BCUT2D eigenvalue weighted by atomic mass is 9.69. The average molecular weight is 499 g/mol. The second kappa shape index (κ2) is 9.23. The highest BCUT2D eigenvalue weighted by molar-refractivity contribution is 6.19. The molecule has 1 saturated carbocycles. The maximum Gasteiger partial charge on any atom is 0.151 e. The lowest BCUT2D eigenvalue weighted by Crippen LogP contribution is -2.45. The van der Waals surface area contributed by atoms with E-state index >= 15 is 4.39 Å². The smallest absolute Gasteiger partial charge is 0.151 e. The van der Waals surface area contributed by atoms with Crippen LogP contribution in [-0.2, 0) is 5.44 Å². The summed E-state index contributed by atoms with van der Waals surface area (Å²) in [6, 6.07) is 11.4. The molecule has 188 valence electrons. The number of hydrogen-bond donors (Lipinski definition) is 4. The first kappa shape index (κ1) is 24.8. The third kappa shape index (κ3) is 5.05. The molecule has 1 fully saturated rings. The van der Waals surface area contributed by atoms with Gasteiger partial charge in [-0.3, -0.25) is 9.99 Å². The first-order valence-electron chi connectivity index (χ1n) is 12.2. The summed E-state index contributed by atoms with van der Waals surface area (Å²) >= 11 is 0. The first-order chi connectivity index (χ1) is 17.6. The van der Waals surface area contributed by atoms with Crippen LogP contribution in [0.4, 0.5) is 20.2 Å². The molecule has 0 amide bonds. The fourth-order valence-electron chi connectivity index (χ4n) is 4.27. The summed E-state index contributed by atoms with van der Waals surface area (Å²) in [4.78, 5) is 4.20. The maximum absolute atomic E-state index is 15.4. The van der Waals surface area contributed by atoms with Crippen LogP contribution in [0.5, 0.6) is 0 Å². The number of hydrazine groups is 2. The first-order valence-corrected chi connectivity index (χ1v) is 12.2. The van der Waals surface area contributed by atoms with Crippen molar-refractivity contribution in [1.29, 1.82) is 5.26 Å². The van der Waals surface area contributed by atoms with Gasteiger partial charge in [-0.25, -0.2) is 8.78 Å². The number of aromatic nitrogens is 1. The lowest BCUT2D eigenvalue weighted by molar-refractivity contribution is 0.260. The Hall–Kier alpha value is -3.84. The Morgan fingerprint density at radius 3 is 2.57 bits per heavy atom. The number of hydrogen-bond acceptors (Lipinski definition) is 7. The van der Waals surface area contributed by atoms with Crippen LogP contribution in [0.1, 0.15) is 44.7 Å². The largest absolute Gasteiger partial charge is 0.383 e. The van der Waals surface area contributed by atoms with Crippen molar-refractivity contribution >= 4 is 30.1 Å². The van der Waals surface area contributed by atoms with Crippen LogP contribution in [0.25, 0.3) is 10.9 Å². The van der Waals surface area contributed by atoms with Crippen LogP contribution in [0.15, 0.2) is 54.5 Å². The van der Waals surface area contributed by atoms with Gasteiger partial charge in [0, 0.05) is 36.1 Å². The molecule has 10 heteroatoms. The fraction of sp³-hybridized carbons (Fsp3) is 0.333. The molecule has 0 saturated heterocycles. The van der Waals surface area contributed by atoms with Crippen LogP contribution in [0.3, 0.4) is 0 Å². The van der Waals surface area contributed by atoms with E-state index < -0.39 is 17.1 Å². The van der Waals surface area contributed by atoms with Gasteiger partial charge in [-0.1, -0.05) is 32.9 Å². The van der Waals surface area contributed by atoms with Gasteiger partial charge in [-0.05, 0) is 48.1 Å². The van der Waals surface area contributed by atoms with Gasteiger partial charge in [0.1, 0.15) is 25.2 Å². The lowest BCUT2D eigenvalue weighted by Gasteiger charge is -2.34. The van der Waals surface area contributed by atoms with Crippen LogP contribution in [-0.4, -0.2) is 30.4 Å². The Balaban J connectivity index is 1.60. The second-order valence-electron chi connectivity index (χ2n) is 10.8. The number of pyridine rings is 1. The molecule has 2 radical (unpaired) electrons. The second-order valence-corrected chi connectivity index (χ2v) is 10.8. The summed E-state index contributed by atoms with van der Waals surface area (Å²) in [6.45, 7) is 6.76. The highest BCUT2D eigenvalue weighted by Gasteiger charge is 2.37. The standard InChI is InChI=1S/C27H28BF2N7/c1-26(2,3)15-33-24-16(12-31)13-32-25-21(24)10-19(11-22(25)30)34-27(28,17-4-6-18(29)7-5-17)23-14-37(36-35-23)20-8-9-20/h4-7,10-11,13-14,20,34-36H,8-9,15H2,1-3H3,(H,32,33). The highest BCUT2D eigenvalue weighted by atomic mass is 19.1. The minimum absolute atomic E-state index is 0.0766. The van der Waals surface area contributed by atoms with E-state index in [0.717, 1.165) is 12.8 Å². The average Bonchev–Trinajstić information content (AvgIpc) is 3.58. The summed E-state index contributed by atoms with van der Waals surface area (Å²) in [5.41, 5.74) is 7.28. The van der Waals surface area contributed by atoms with Crippen molar-refractivity contribution in [3.63, 3.8) is 0 Å². The van der Waals surface area contributed by atoms with E-state index in [2.05, 4.69) is 53.4 Å². The van der Waals surface area contributed by atoms with Crippen LogP contribution < -0.4 is 21.6 Å². The van der Waals surface area contributed by atoms with E-state index in [0.29, 0.717) is 46.2 Å². The van der Waals surface area contributed by atoms with Crippen molar-refractivity contribution in [1.82, 2.24) is 21.0 Å². The van der Waals surface area contributed by atoms with Crippen molar-refractivity contribution in [2.75, 3.05) is 17.2 Å². The van der Waals surface area contributed by atoms with E-state index in [1.807, 2.05) is 11.2 Å². The molecular weight excluding hydrogens is 471 g/mol. The number of benzene rings is 2. The zero-order valence-corrected chi connectivity index (χ0v) is 21.0. The molecule has 2 aliphatic rings. The van der Waals surface area contributed by atoms with Gasteiger partial charge in [0.15, 0.2) is 5.82 Å². The van der Waals surface area contributed by atoms with E-state index in [1.165, 1.54) is 24.4 Å². The third-order valence-corrected chi connectivity index (χ3v) is 6.43. The Morgan fingerprint density at radius 1 is 1.19 bits per heavy atom. The summed E-state index contributed by atoms with van der Waals surface area (Å²) in [6.07, 6.45) is 5.38. The zero-order chi connectivity index (χ0) is 26.4. The van der Waals surface area contributed by atoms with Crippen molar-refractivity contribution < 1.29 is 8.78 Å². The number of rotatable bonds is 7. The number of fused-ring (bicyclic) bond motifs is 1. The molecule has 7 nitrogen and oxygen atoms in total. The summed E-state index contributed by atoms with van der Waals surface area (Å²) in [5, 5.41) is 18.7.